The topological polar surface area (TPSA) is 40.5 Å². The Bertz CT molecular complexity index is 211. The molecule has 0 spiro atoms. The number of thioether (sulfide) groups is 1. The maximum Gasteiger partial charge on any atom is 0.490 e. The molecule has 2 N–H and O–H groups in total. The molecule has 0 fully saturated rings. The third-order valence-electron chi connectivity index (χ3n) is 1.12. The van der Waals surface area contributed by atoms with Crippen LogP contribution in [0.25, 0.3) is 0 Å². The molecule has 0 amide bonds. The van der Waals surface area contributed by atoms with Gasteiger partial charge in [-0.2, -0.15) is 0 Å². The third kappa shape index (κ3) is 1.55. The average Bonchev–Trinajstić information content (AvgIpc) is 2.33. The van der Waals surface area contributed by atoms with Gasteiger partial charge in [-0.25, -0.2) is 0 Å². The maximum atomic E-state index is 8.77. The van der Waals surface area contributed by atoms with Crippen molar-refractivity contribution in [2.75, 3.05) is 6.26 Å². The molecule has 0 aliphatic heterocycles. The van der Waals surface area contributed by atoms with Crippen molar-refractivity contribution in [3.63, 3.8) is 0 Å². The molecule has 5 heteroatoms. The largest absolute Gasteiger partial charge is 0.490 e. The van der Waals surface area contributed by atoms with E-state index in [1.54, 1.807) is 6.07 Å². The predicted octanol–water partition coefficient (Wildman–Crippen LogP) is 0.150. The zero-order valence-electron chi connectivity index (χ0n) is 5.44. The first-order chi connectivity index (χ1) is 4.75. The van der Waals surface area contributed by atoms with E-state index < -0.39 is 7.12 Å². The first-order valence-electron chi connectivity index (χ1n) is 2.73. The van der Waals surface area contributed by atoms with Crippen molar-refractivity contribution in [2.24, 2.45) is 0 Å². The molecule has 0 bridgehead atoms. The first-order valence-corrected chi connectivity index (χ1v) is 4.83. The fourth-order valence-corrected chi connectivity index (χ4v) is 2.27. The Morgan fingerprint density at radius 1 is 1.60 bits per heavy atom. The zero-order valence-corrected chi connectivity index (χ0v) is 7.08. The van der Waals surface area contributed by atoms with Crippen LogP contribution < -0.4 is 5.46 Å². The minimum absolute atomic E-state index is 0.609. The molecule has 1 aromatic rings. The lowest BCUT2D eigenvalue weighted by atomic mass is 9.83. The van der Waals surface area contributed by atoms with Gasteiger partial charge in [0, 0.05) is 5.46 Å². The molecule has 0 saturated carbocycles. The quantitative estimate of drug-likeness (QED) is 0.495. The summed E-state index contributed by atoms with van der Waals surface area (Å²) in [6.07, 6.45) is 1.91. The minimum Gasteiger partial charge on any atom is -0.423 e. The Hall–Kier alpha value is 0.0349. The molecule has 10 heavy (non-hydrogen) atoms. The van der Waals surface area contributed by atoms with Gasteiger partial charge in [0.1, 0.15) is 0 Å². The van der Waals surface area contributed by atoms with E-state index in [1.807, 2.05) is 11.6 Å². The van der Waals surface area contributed by atoms with E-state index in [-0.39, 0.29) is 0 Å². The molecule has 0 atom stereocenters. The molecule has 0 aliphatic carbocycles. The van der Waals surface area contributed by atoms with Gasteiger partial charge in [0.05, 0.1) is 4.21 Å². The highest BCUT2D eigenvalue weighted by Crippen LogP contribution is 2.18. The second-order valence-electron chi connectivity index (χ2n) is 1.74. The van der Waals surface area contributed by atoms with Crippen LogP contribution in [0.3, 0.4) is 0 Å². The molecule has 0 radical (unpaired) electrons. The smallest absolute Gasteiger partial charge is 0.423 e. The summed E-state index contributed by atoms with van der Waals surface area (Å²) in [5.74, 6) is 0. The lowest BCUT2D eigenvalue weighted by Crippen LogP contribution is -2.29. The van der Waals surface area contributed by atoms with Crippen LogP contribution in [0.4, 0.5) is 0 Å². The highest BCUT2D eigenvalue weighted by molar-refractivity contribution is 8.00. The van der Waals surface area contributed by atoms with Crippen LogP contribution in [0.2, 0.25) is 0 Å². The van der Waals surface area contributed by atoms with Gasteiger partial charge in [-0.1, -0.05) is 6.07 Å². The number of thiophene rings is 1. The molecule has 1 heterocycles. The average molecular weight is 174 g/mol. The lowest BCUT2D eigenvalue weighted by molar-refractivity contribution is 0.425. The third-order valence-corrected chi connectivity index (χ3v) is 3.24. The van der Waals surface area contributed by atoms with E-state index in [2.05, 4.69) is 0 Å². The van der Waals surface area contributed by atoms with Crippen LogP contribution >= 0.6 is 23.1 Å². The van der Waals surface area contributed by atoms with E-state index in [0.29, 0.717) is 5.46 Å². The summed E-state index contributed by atoms with van der Waals surface area (Å²) in [6, 6.07) is 1.72. The zero-order chi connectivity index (χ0) is 7.56. The second-order valence-corrected chi connectivity index (χ2v) is 3.73. The highest BCUT2D eigenvalue weighted by atomic mass is 32.2. The molecule has 0 saturated heterocycles. The van der Waals surface area contributed by atoms with Crippen molar-refractivity contribution in [3.8, 4) is 0 Å². The molecule has 2 nitrogen and oxygen atoms in total. The maximum absolute atomic E-state index is 8.77. The van der Waals surface area contributed by atoms with Gasteiger partial charge in [0.25, 0.3) is 0 Å². The van der Waals surface area contributed by atoms with Gasteiger partial charge in [-0.15, -0.1) is 23.1 Å². The van der Waals surface area contributed by atoms with E-state index in [0.717, 1.165) is 4.21 Å². The fraction of sp³-hybridized carbons (Fsp3) is 0.200. The standard InChI is InChI=1S/C5H7BO2S2/c1-9-5-4(6(7)8)2-3-10-5/h2-3,7-8H,1H3. The van der Waals surface area contributed by atoms with Crippen molar-refractivity contribution < 1.29 is 10.0 Å². The van der Waals surface area contributed by atoms with Gasteiger partial charge in [-0.3, -0.25) is 0 Å². The molecule has 0 unspecified atom stereocenters. The summed E-state index contributed by atoms with van der Waals surface area (Å²) in [5, 5.41) is 19.4. The summed E-state index contributed by atoms with van der Waals surface area (Å²) in [4.78, 5) is 0. The van der Waals surface area contributed by atoms with Crippen LogP contribution in [0.5, 0.6) is 0 Å². The van der Waals surface area contributed by atoms with E-state index in [4.69, 9.17) is 10.0 Å². The normalized spacial score (nSPS) is 9.90. The van der Waals surface area contributed by atoms with Crippen LogP contribution in [0, 0.1) is 0 Å². The van der Waals surface area contributed by atoms with Crippen molar-refractivity contribution in [2.45, 2.75) is 4.21 Å². The van der Waals surface area contributed by atoms with Gasteiger partial charge < -0.3 is 10.0 Å². The van der Waals surface area contributed by atoms with Crippen LogP contribution in [-0.4, -0.2) is 23.4 Å². The van der Waals surface area contributed by atoms with Crippen molar-refractivity contribution in [1.82, 2.24) is 0 Å². The number of hydrogen-bond donors (Lipinski definition) is 2. The number of hydrogen-bond acceptors (Lipinski definition) is 4. The fourth-order valence-electron chi connectivity index (χ4n) is 0.663. The van der Waals surface area contributed by atoms with Gasteiger partial charge in [0.2, 0.25) is 0 Å². The molecule has 0 aliphatic rings. The highest BCUT2D eigenvalue weighted by Gasteiger charge is 2.15. The molecular formula is C5H7BO2S2. The van der Waals surface area contributed by atoms with Crippen LogP contribution in [0.15, 0.2) is 15.7 Å². The van der Waals surface area contributed by atoms with Crippen molar-refractivity contribution in [1.29, 1.82) is 0 Å². The van der Waals surface area contributed by atoms with Crippen molar-refractivity contribution in [3.05, 3.63) is 11.4 Å². The summed E-state index contributed by atoms with van der Waals surface area (Å²) >= 11 is 3.05. The second kappa shape index (κ2) is 3.43. The Kier molecular flexibility index (Phi) is 2.79. The Labute approximate surface area is 68.0 Å². The molecular weight excluding hydrogens is 167 g/mol. The molecule has 1 rings (SSSR count). The van der Waals surface area contributed by atoms with E-state index >= 15 is 0 Å². The van der Waals surface area contributed by atoms with Gasteiger partial charge >= 0.3 is 7.12 Å². The predicted molar refractivity (Wildman–Crippen MR) is 45.9 cm³/mol. The molecule has 0 aromatic carbocycles. The lowest BCUT2D eigenvalue weighted by Gasteiger charge is -1.96. The van der Waals surface area contributed by atoms with Crippen LogP contribution in [-0.2, 0) is 0 Å². The number of rotatable bonds is 2. The summed E-state index contributed by atoms with van der Waals surface area (Å²) < 4.78 is 0.968. The molecule has 1 aromatic heterocycles. The summed E-state index contributed by atoms with van der Waals surface area (Å²) in [5.41, 5.74) is 0.609. The summed E-state index contributed by atoms with van der Waals surface area (Å²) in [7, 11) is -1.33. The van der Waals surface area contributed by atoms with Crippen molar-refractivity contribution >= 4 is 35.7 Å². The molecule has 54 valence electrons. The Morgan fingerprint density at radius 2 is 2.30 bits per heavy atom. The monoisotopic (exact) mass is 174 g/mol. The Balaban J connectivity index is 2.90. The SMILES string of the molecule is CSc1sccc1B(O)O. The van der Waals surface area contributed by atoms with Gasteiger partial charge in [-0.05, 0) is 11.6 Å². The Morgan fingerprint density at radius 3 is 2.70 bits per heavy atom. The van der Waals surface area contributed by atoms with E-state index in [9.17, 15) is 0 Å². The van der Waals surface area contributed by atoms with Crippen LogP contribution in [0.1, 0.15) is 0 Å². The minimum atomic E-state index is -1.33. The van der Waals surface area contributed by atoms with Gasteiger partial charge in [0.15, 0.2) is 0 Å². The summed E-state index contributed by atoms with van der Waals surface area (Å²) in [6.45, 7) is 0. The first kappa shape index (κ1) is 8.13. The van der Waals surface area contributed by atoms with E-state index in [1.165, 1.54) is 23.1 Å².